The van der Waals surface area contributed by atoms with E-state index in [2.05, 4.69) is 10.9 Å². The van der Waals surface area contributed by atoms with Crippen LogP contribution in [0.2, 0.25) is 10.0 Å². The van der Waals surface area contributed by atoms with Crippen LogP contribution in [0.25, 0.3) is 0 Å². The van der Waals surface area contributed by atoms with Crippen LogP contribution in [-0.2, 0) is 0 Å². The van der Waals surface area contributed by atoms with E-state index in [1.165, 1.54) is 24.3 Å². The summed E-state index contributed by atoms with van der Waals surface area (Å²) in [6.45, 7) is 0. The van der Waals surface area contributed by atoms with E-state index in [-0.39, 0.29) is 21.2 Å². The van der Waals surface area contributed by atoms with E-state index in [1.807, 2.05) is 0 Å². The lowest BCUT2D eigenvalue weighted by Crippen LogP contribution is -2.41. The van der Waals surface area contributed by atoms with Crippen molar-refractivity contribution in [3.8, 4) is 0 Å². The molecule has 108 valence electrons. The zero-order valence-corrected chi connectivity index (χ0v) is 12.0. The summed E-state index contributed by atoms with van der Waals surface area (Å²) in [5.41, 5.74) is 4.64. The largest absolute Gasteiger partial charge is 0.272 e. The maximum absolute atomic E-state index is 12.7. The second kappa shape index (κ2) is 6.56. The fourth-order valence-electron chi connectivity index (χ4n) is 1.56. The Bertz CT molecular complexity index is 670. The molecule has 0 aliphatic rings. The van der Waals surface area contributed by atoms with E-state index in [4.69, 9.17) is 23.2 Å². The molecule has 0 atom stereocenters. The molecule has 0 saturated heterocycles. The Balaban J connectivity index is 2.04. The van der Waals surface area contributed by atoms with Crippen LogP contribution in [0.15, 0.2) is 42.5 Å². The minimum absolute atomic E-state index is 0.0558. The second-order valence-electron chi connectivity index (χ2n) is 4.01. The van der Waals surface area contributed by atoms with Gasteiger partial charge in [0.05, 0.1) is 15.6 Å². The maximum Gasteiger partial charge on any atom is 0.272 e. The highest BCUT2D eigenvalue weighted by Crippen LogP contribution is 2.23. The van der Waals surface area contributed by atoms with Crippen LogP contribution in [-0.4, -0.2) is 11.8 Å². The molecule has 0 spiro atoms. The average Bonchev–Trinajstić information content (AvgIpc) is 2.45. The van der Waals surface area contributed by atoms with Crippen molar-refractivity contribution in [3.05, 3.63) is 69.5 Å². The second-order valence-corrected chi connectivity index (χ2v) is 4.83. The number of hydrogen-bond acceptors (Lipinski definition) is 2. The molecule has 0 fully saturated rings. The highest BCUT2D eigenvalue weighted by atomic mass is 35.5. The van der Waals surface area contributed by atoms with E-state index in [0.29, 0.717) is 0 Å². The molecule has 2 amide bonds. The summed E-state index contributed by atoms with van der Waals surface area (Å²) in [6, 6.07) is 9.47. The molecule has 4 nitrogen and oxygen atoms in total. The summed E-state index contributed by atoms with van der Waals surface area (Å²) in [6.07, 6.45) is 0. The first-order chi connectivity index (χ1) is 9.99. The van der Waals surface area contributed by atoms with Crippen molar-refractivity contribution in [3.63, 3.8) is 0 Å². The van der Waals surface area contributed by atoms with Crippen LogP contribution in [0, 0.1) is 5.82 Å². The number of amides is 2. The van der Waals surface area contributed by atoms with Gasteiger partial charge in [0.15, 0.2) is 0 Å². The van der Waals surface area contributed by atoms with E-state index < -0.39 is 17.6 Å². The smallest absolute Gasteiger partial charge is 0.267 e. The van der Waals surface area contributed by atoms with E-state index in [1.54, 1.807) is 6.07 Å². The van der Waals surface area contributed by atoms with Gasteiger partial charge in [-0.05, 0) is 36.4 Å². The first-order valence-electron chi connectivity index (χ1n) is 5.79. The van der Waals surface area contributed by atoms with Crippen LogP contribution < -0.4 is 10.9 Å². The molecule has 2 rings (SSSR count). The minimum Gasteiger partial charge on any atom is -0.267 e. The van der Waals surface area contributed by atoms with Crippen LogP contribution in [0.1, 0.15) is 20.7 Å². The number of carbonyl (C=O) groups is 2. The summed E-state index contributed by atoms with van der Waals surface area (Å²) in [5.74, 6) is -1.70. The number of rotatable bonds is 2. The van der Waals surface area contributed by atoms with Gasteiger partial charge in [-0.1, -0.05) is 29.3 Å². The van der Waals surface area contributed by atoms with E-state index >= 15 is 0 Å². The SMILES string of the molecule is O=C(NNC(=O)c1c(Cl)cccc1Cl)c1ccc(F)cc1. The van der Waals surface area contributed by atoms with E-state index in [9.17, 15) is 14.0 Å². The average molecular weight is 327 g/mol. The standard InChI is InChI=1S/C14H9Cl2FN2O2/c15-10-2-1-3-11(16)12(10)14(21)19-18-13(20)8-4-6-9(17)7-5-8/h1-7H,(H,18,20)(H,19,21). The number of nitrogens with one attached hydrogen (secondary N) is 2. The third-order valence-corrected chi connectivity index (χ3v) is 3.22. The number of carbonyl (C=O) groups excluding carboxylic acids is 2. The predicted octanol–water partition coefficient (Wildman–Crippen LogP) is 3.21. The summed E-state index contributed by atoms with van der Waals surface area (Å²) < 4.78 is 12.7. The molecule has 0 heterocycles. The van der Waals surface area contributed by atoms with Gasteiger partial charge in [-0.2, -0.15) is 0 Å². The molecule has 0 unspecified atom stereocenters. The molecular formula is C14H9Cl2FN2O2. The maximum atomic E-state index is 12.7. The zero-order valence-electron chi connectivity index (χ0n) is 10.5. The molecule has 7 heteroatoms. The molecule has 0 bridgehead atoms. The molecule has 2 aromatic carbocycles. The van der Waals surface area contributed by atoms with Crippen molar-refractivity contribution < 1.29 is 14.0 Å². The fourth-order valence-corrected chi connectivity index (χ4v) is 2.13. The van der Waals surface area contributed by atoms with Gasteiger partial charge in [-0.15, -0.1) is 0 Å². The fraction of sp³-hybridized carbons (Fsp3) is 0. The van der Waals surface area contributed by atoms with Gasteiger partial charge < -0.3 is 0 Å². The lowest BCUT2D eigenvalue weighted by atomic mass is 10.2. The van der Waals surface area contributed by atoms with Crippen molar-refractivity contribution in [2.45, 2.75) is 0 Å². The lowest BCUT2D eigenvalue weighted by molar-refractivity contribution is 0.0847. The molecule has 0 aromatic heterocycles. The van der Waals surface area contributed by atoms with Gasteiger partial charge in [-0.25, -0.2) is 4.39 Å². The van der Waals surface area contributed by atoms with Crippen LogP contribution >= 0.6 is 23.2 Å². The van der Waals surface area contributed by atoms with Crippen LogP contribution in [0.5, 0.6) is 0 Å². The van der Waals surface area contributed by atoms with Crippen molar-refractivity contribution >= 4 is 35.0 Å². The number of hydrogen-bond donors (Lipinski definition) is 2. The van der Waals surface area contributed by atoms with Gasteiger partial charge in [0.2, 0.25) is 0 Å². The van der Waals surface area contributed by atoms with E-state index in [0.717, 1.165) is 12.1 Å². The Kier molecular flexibility index (Phi) is 4.77. The van der Waals surface area contributed by atoms with Gasteiger partial charge in [-0.3, -0.25) is 20.4 Å². The zero-order chi connectivity index (χ0) is 15.4. The minimum atomic E-state index is -0.652. The lowest BCUT2D eigenvalue weighted by Gasteiger charge is -2.09. The Hall–Kier alpha value is -2.11. The number of halogens is 3. The highest BCUT2D eigenvalue weighted by Gasteiger charge is 2.15. The molecule has 0 aliphatic heterocycles. The summed E-state index contributed by atoms with van der Waals surface area (Å²) in [7, 11) is 0. The highest BCUT2D eigenvalue weighted by molar-refractivity contribution is 6.39. The van der Waals surface area contributed by atoms with Crippen LogP contribution in [0.4, 0.5) is 4.39 Å². The quantitative estimate of drug-likeness (QED) is 0.832. The Labute approximate surface area is 129 Å². The topological polar surface area (TPSA) is 58.2 Å². The normalized spacial score (nSPS) is 10.0. The predicted molar refractivity (Wildman–Crippen MR) is 77.8 cm³/mol. The first kappa shape index (κ1) is 15.3. The molecule has 2 N–H and O–H groups in total. The third-order valence-electron chi connectivity index (χ3n) is 2.59. The first-order valence-corrected chi connectivity index (χ1v) is 6.55. The van der Waals surface area contributed by atoms with Gasteiger partial charge in [0, 0.05) is 5.56 Å². The molecular weight excluding hydrogens is 318 g/mol. The Morgan fingerprint density at radius 2 is 1.38 bits per heavy atom. The van der Waals surface area contributed by atoms with Gasteiger partial charge in [0.25, 0.3) is 11.8 Å². The number of benzene rings is 2. The van der Waals surface area contributed by atoms with Crippen molar-refractivity contribution in [2.24, 2.45) is 0 Å². The van der Waals surface area contributed by atoms with Crippen molar-refractivity contribution in [1.29, 1.82) is 0 Å². The molecule has 0 radical (unpaired) electrons. The molecule has 0 saturated carbocycles. The van der Waals surface area contributed by atoms with Crippen molar-refractivity contribution in [2.75, 3.05) is 0 Å². The third kappa shape index (κ3) is 3.71. The van der Waals surface area contributed by atoms with Gasteiger partial charge >= 0.3 is 0 Å². The molecule has 2 aromatic rings. The molecule has 0 aliphatic carbocycles. The summed E-state index contributed by atoms with van der Waals surface area (Å²) >= 11 is 11.7. The Morgan fingerprint density at radius 3 is 1.95 bits per heavy atom. The molecule has 21 heavy (non-hydrogen) atoms. The van der Waals surface area contributed by atoms with Gasteiger partial charge in [0.1, 0.15) is 5.82 Å². The Morgan fingerprint density at radius 1 is 0.857 bits per heavy atom. The van der Waals surface area contributed by atoms with Crippen LogP contribution in [0.3, 0.4) is 0 Å². The summed E-state index contributed by atoms with van der Waals surface area (Å²) in [4.78, 5) is 23.7. The summed E-state index contributed by atoms with van der Waals surface area (Å²) in [5, 5.41) is 0.326. The number of hydrazine groups is 1. The monoisotopic (exact) mass is 326 g/mol. The van der Waals surface area contributed by atoms with Crippen molar-refractivity contribution in [1.82, 2.24) is 10.9 Å².